The Kier molecular flexibility index (Phi) is 7.62. The second-order valence-corrected chi connectivity index (χ2v) is 10.7. The van der Waals surface area contributed by atoms with Gasteiger partial charge in [0, 0.05) is 92.7 Å². The van der Waals surface area contributed by atoms with Gasteiger partial charge in [-0.25, -0.2) is 8.78 Å². The molecule has 0 atom stereocenters. The van der Waals surface area contributed by atoms with Crippen molar-refractivity contribution in [3.63, 3.8) is 0 Å². The van der Waals surface area contributed by atoms with Gasteiger partial charge in [0.2, 0.25) is 0 Å². The maximum absolute atomic E-state index is 14.3. The summed E-state index contributed by atoms with van der Waals surface area (Å²) in [6.07, 6.45) is 5.25. The molecule has 0 saturated carbocycles. The van der Waals surface area contributed by atoms with Crippen LogP contribution in [-0.4, -0.2) is 65.4 Å². The smallest absolute Gasteiger partial charge is 0.264 e. The van der Waals surface area contributed by atoms with Gasteiger partial charge in [-0.15, -0.1) is 0 Å². The molecule has 2 N–H and O–H groups in total. The minimum Gasteiger partial charge on any atom is -0.385 e. The Labute approximate surface area is 218 Å². The monoisotopic (exact) mass is 512 g/mol. The van der Waals surface area contributed by atoms with E-state index in [1.165, 1.54) is 0 Å². The Bertz CT molecular complexity index is 1170. The van der Waals surface area contributed by atoms with Crippen molar-refractivity contribution in [2.75, 3.05) is 37.7 Å². The molecule has 200 valence electrons. The predicted octanol–water partition coefficient (Wildman–Crippen LogP) is 4.89. The fourth-order valence-corrected chi connectivity index (χ4v) is 5.72. The molecular weight excluding hydrogens is 474 g/mol. The highest BCUT2D eigenvalue weighted by Crippen LogP contribution is 2.39. The van der Waals surface area contributed by atoms with Crippen molar-refractivity contribution in [1.82, 2.24) is 20.0 Å². The number of nitrogens with zero attached hydrogens (tertiary/aromatic N) is 4. The summed E-state index contributed by atoms with van der Waals surface area (Å²) in [5.41, 5.74) is 5.07. The molecule has 3 aliphatic rings. The van der Waals surface area contributed by atoms with Gasteiger partial charge in [-0.05, 0) is 62.8 Å². The van der Waals surface area contributed by atoms with Gasteiger partial charge in [-0.1, -0.05) is 0 Å². The molecule has 0 aliphatic carbocycles. The molecule has 1 fully saturated rings. The van der Waals surface area contributed by atoms with Crippen molar-refractivity contribution < 1.29 is 13.5 Å². The van der Waals surface area contributed by atoms with Gasteiger partial charge in [-0.2, -0.15) is 5.10 Å². The molecule has 2 aromatic rings. The third kappa shape index (κ3) is 5.43. The number of benzene rings is 1. The number of aromatic nitrogens is 2. The fraction of sp³-hybridized carbons (Fsp3) is 0.571. The van der Waals surface area contributed by atoms with Crippen LogP contribution in [0.2, 0.25) is 0 Å². The van der Waals surface area contributed by atoms with Gasteiger partial charge in [0.05, 0.1) is 6.20 Å². The predicted molar refractivity (Wildman–Crippen MR) is 142 cm³/mol. The van der Waals surface area contributed by atoms with Crippen LogP contribution in [0.4, 0.5) is 14.5 Å². The minimum atomic E-state index is -2.62. The van der Waals surface area contributed by atoms with Gasteiger partial charge in [0.15, 0.2) is 0 Å². The summed E-state index contributed by atoms with van der Waals surface area (Å²) < 4.78 is 35.8. The minimum absolute atomic E-state index is 0.00608. The Morgan fingerprint density at radius 1 is 1.16 bits per heavy atom. The third-order valence-electron chi connectivity index (χ3n) is 7.88. The van der Waals surface area contributed by atoms with Crippen LogP contribution in [0.1, 0.15) is 57.1 Å². The molecule has 1 aromatic carbocycles. The van der Waals surface area contributed by atoms with E-state index >= 15 is 0 Å². The third-order valence-corrected chi connectivity index (χ3v) is 7.88. The van der Waals surface area contributed by atoms with Crippen LogP contribution >= 0.6 is 0 Å². The second kappa shape index (κ2) is 10.9. The molecule has 4 heterocycles. The fourth-order valence-electron chi connectivity index (χ4n) is 5.72. The number of hydrogen-bond donors (Lipinski definition) is 2. The maximum atomic E-state index is 14.3. The summed E-state index contributed by atoms with van der Waals surface area (Å²) in [7, 11) is 1.79. The van der Waals surface area contributed by atoms with Crippen LogP contribution in [0.5, 0.6) is 0 Å². The lowest BCUT2D eigenvalue weighted by Gasteiger charge is -2.39. The van der Waals surface area contributed by atoms with Crippen molar-refractivity contribution >= 4 is 11.5 Å². The van der Waals surface area contributed by atoms with Gasteiger partial charge in [-0.3, -0.25) is 15.0 Å². The SMILES string of the molecule is CC(C)N1CCC(NC2CCOCC2)=C(C(=N)N2CCCc3cc(-c4cnn(C)c4)c(C(F)F)cc32)C1. The number of anilines is 1. The van der Waals surface area contributed by atoms with Crippen molar-refractivity contribution in [2.45, 2.75) is 64.5 Å². The molecule has 0 amide bonds. The van der Waals surface area contributed by atoms with Crippen molar-refractivity contribution in [1.29, 1.82) is 5.41 Å². The molecule has 7 nitrogen and oxygen atoms in total. The highest BCUT2D eigenvalue weighted by molar-refractivity contribution is 6.09. The Balaban J connectivity index is 1.51. The van der Waals surface area contributed by atoms with E-state index in [1.807, 2.05) is 11.0 Å². The lowest BCUT2D eigenvalue weighted by atomic mass is 9.92. The first-order valence-electron chi connectivity index (χ1n) is 13.4. The van der Waals surface area contributed by atoms with Gasteiger partial charge < -0.3 is 15.0 Å². The first kappa shape index (κ1) is 25.9. The average molecular weight is 513 g/mol. The Hall–Kier alpha value is -2.78. The number of alkyl halides is 2. The van der Waals surface area contributed by atoms with Crippen LogP contribution in [0.15, 0.2) is 35.8 Å². The molecule has 0 unspecified atom stereocenters. The van der Waals surface area contributed by atoms with Crippen molar-refractivity contribution in [3.8, 4) is 11.1 Å². The largest absolute Gasteiger partial charge is 0.385 e. The summed E-state index contributed by atoms with van der Waals surface area (Å²) in [6.45, 7) is 8.16. The molecule has 0 radical (unpaired) electrons. The zero-order chi connectivity index (χ0) is 26.1. The van der Waals surface area contributed by atoms with Crippen molar-refractivity contribution in [3.05, 3.63) is 46.9 Å². The van der Waals surface area contributed by atoms with E-state index in [1.54, 1.807) is 30.2 Å². The van der Waals surface area contributed by atoms with Crippen LogP contribution in [-0.2, 0) is 18.2 Å². The highest BCUT2D eigenvalue weighted by atomic mass is 19.3. The number of rotatable bonds is 6. The summed E-state index contributed by atoms with van der Waals surface area (Å²) in [5, 5.41) is 17.3. The molecule has 1 aromatic heterocycles. The van der Waals surface area contributed by atoms with Crippen molar-refractivity contribution in [2.24, 2.45) is 7.05 Å². The topological polar surface area (TPSA) is 69.4 Å². The lowest BCUT2D eigenvalue weighted by Crippen LogP contribution is -2.47. The summed E-state index contributed by atoms with van der Waals surface area (Å²) in [5.74, 6) is 0.426. The number of ether oxygens (including phenoxy) is 1. The average Bonchev–Trinajstić information content (AvgIpc) is 3.34. The molecule has 5 rings (SSSR count). The van der Waals surface area contributed by atoms with Crippen LogP contribution in [0, 0.1) is 5.41 Å². The van der Waals surface area contributed by atoms with E-state index < -0.39 is 6.43 Å². The van der Waals surface area contributed by atoms with E-state index in [0.29, 0.717) is 42.1 Å². The molecule has 0 spiro atoms. The van der Waals surface area contributed by atoms with E-state index in [9.17, 15) is 14.2 Å². The van der Waals surface area contributed by atoms with Gasteiger partial charge >= 0.3 is 0 Å². The maximum Gasteiger partial charge on any atom is 0.264 e. The normalized spacial score (nSPS) is 19.6. The number of fused-ring (bicyclic) bond motifs is 1. The molecule has 9 heteroatoms. The van der Waals surface area contributed by atoms with Crippen LogP contribution in [0.25, 0.3) is 11.1 Å². The number of aryl methyl sites for hydroxylation is 2. The van der Waals surface area contributed by atoms with E-state index in [2.05, 4.69) is 29.2 Å². The van der Waals surface area contributed by atoms with E-state index in [4.69, 9.17) is 4.74 Å². The molecular formula is C28H38F2N6O. The molecule has 0 bridgehead atoms. The van der Waals surface area contributed by atoms with Crippen LogP contribution < -0.4 is 10.2 Å². The Morgan fingerprint density at radius 2 is 1.95 bits per heavy atom. The molecule has 37 heavy (non-hydrogen) atoms. The summed E-state index contributed by atoms with van der Waals surface area (Å²) in [6, 6.07) is 4.22. The number of nitrogens with one attached hydrogen (secondary N) is 2. The summed E-state index contributed by atoms with van der Waals surface area (Å²) >= 11 is 0. The Morgan fingerprint density at radius 3 is 2.62 bits per heavy atom. The van der Waals surface area contributed by atoms with Gasteiger partial charge in [0.1, 0.15) is 5.84 Å². The quantitative estimate of drug-likeness (QED) is 0.426. The zero-order valence-corrected chi connectivity index (χ0v) is 22.1. The van der Waals surface area contributed by atoms with E-state index in [0.717, 1.165) is 74.4 Å². The lowest BCUT2D eigenvalue weighted by molar-refractivity contribution is 0.0796. The first-order valence-corrected chi connectivity index (χ1v) is 13.4. The highest BCUT2D eigenvalue weighted by Gasteiger charge is 2.31. The second-order valence-electron chi connectivity index (χ2n) is 10.7. The van der Waals surface area contributed by atoms with Gasteiger partial charge in [0.25, 0.3) is 6.43 Å². The van der Waals surface area contributed by atoms with Crippen LogP contribution in [0.3, 0.4) is 0 Å². The van der Waals surface area contributed by atoms with E-state index in [-0.39, 0.29) is 5.56 Å². The standard InChI is InChI=1S/C28H38F2N6O/c1-18(2)35-10-6-25(33-21-7-11-37-12-8-21)24(17-35)28(31)36-9-4-5-19-13-22(20-15-32-34(3)16-20)23(27(29)30)14-26(19)36/h13-16,18,21,27,31,33H,4-12,17H2,1-3H3. The number of halogens is 2. The molecule has 3 aliphatic heterocycles. The molecule has 1 saturated heterocycles. The summed E-state index contributed by atoms with van der Waals surface area (Å²) in [4.78, 5) is 4.35. The first-order chi connectivity index (χ1) is 17.8. The number of amidine groups is 1. The number of hydrogen-bond acceptors (Lipinski definition) is 5. The zero-order valence-electron chi connectivity index (χ0n) is 22.1.